The first-order valence-corrected chi connectivity index (χ1v) is 10.4. The maximum absolute atomic E-state index is 12.3. The second-order valence-corrected chi connectivity index (χ2v) is 7.78. The second-order valence-electron chi connectivity index (χ2n) is 6.45. The van der Waals surface area contributed by atoms with Gasteiger partial charge in [0, 0.05) is 16.8 Å². The molecule has 3 aromatic rings. The van der Waals surface area contributed by atoms with Crippen LogP contribution in [-0.2, 0) is 4.79 Å². The molecule has 3 rings (SSSR count). The monoisotopic (exact) mass is 513 g/mol. The van der Waals surface area contributed by atoms with Crippen molar-refractivity contribution in [1.82, 2.24) is 0 Å². The molecule has 0 spiro atoms. The molecule has 0 fully saturated rings. The summed E-state index contributed by atoms with van der Waals surface area (Å²) in [6.07, 6.45) is 4.47. The zero-order valence-corrected chi connectivity index (χ0v) is 19.1. The summed E-state index contributed by atoms with van der Waals surface area (Å²) in [5.41, 5.74) is 2.18. The van der Waals surface area contributed by atoms with E-state index in [2.05, 4.69) is 20.9 Å². The first-order chi connectivity index (χ1) is 15.4. The fraction of sp³-hybridized carbons (Fsp3) is 0.0417. The molecule has 0 unspecified atom stereocenters. The van der Waals surface area contributed by atoms with Crippen LogP contribution in [0.1, 0.15) is 21.5 Å². The molecule has 0 heterocycles. The summed E-state index contributed by atoms with van der Waals surface area (Å²) in [4.78, 5) is 27.5. The molecule has 8 heteroatoms. The van der Waals surface area contributed by atoms with E-state index in [1.54, 1.807) is 36.6 Å². The molecule has 32 heavy (non-hydrogen) atoms. The van der Waals surface area contributed by atoms with Crippen molar-refractivity contribution in [3.8, 4) is 11.5 Å². The zero-order valence-electron chi connectivity index (χ0n) is 16.8. The lowest BCUT2D eigenvalue weighted by atomic mass is 10.2. The summed E-state index contributed by atoms with van der Waals surface area (Å²) in [5, 5.41) is 9.13. The number of hydrogen-bond donors (Lipinski definition) is 1. The van der Waals surface area contributed by atoms with Crippen LogP contribution in [0.4, 0.5) is 5.69 Å². The minimum absolute atomic E-state index is 0.0982. The molecular weight excluding hydrogens is 498 g/mol. The van der Waals surface area contributed by atoms with Gasteiger partial charge in [-0.25, -0.2) is 9.59 Å². The number of carbonyl (C=O) groups is 2. The van der Waals surface area contributed by atoms with Crippen LogP contribution in [-0.4, -0.2) is 30.4 Å². The minimum atomic E-state index is -1.01. The molecule has 3 aromatic carbocycles. The van der Waals surface area contributed by atoms with Gasteiger partial charge in [0.15, 0.2) is 11.5 Å². The largest absolute Gasteiger partial charge is 0.493 e. The van der Waals surface area contributed by atoms with Crippen LogP contribution in [0.3, 0.4) is 0 Å². The Hall–Kier alpha value is -3.42. The number of carbonyl (C=O) groups excluding carboxylic acids is 1. The molecule has 0 aliphatic rings. The van der Waals surface area contributed by atoms with Gasteiger partial charge in [0.1, 0.15) is 0 Å². The fourth-order valence-corrected chi connectivity index (χ4v) is 3.34. The number of esters is 1. The number of methoxy groups -OCH3 is 1. The zero-order chi connectivity index (χ0) is 23.1. The van der Waals surface area contributed by atoms with Gasteiger partial charge in [-0.1, -0.05) is 39.7 Å². The number of ether oxygens (including phenoxy) is 2. The van der Waals surface area contributed by atoms with Gasteiger partial charge < -0.3 is 14.6 Å². The van der Waals surface area contributed by atoms with Crippen LogP contribution in [0.5, 0.6) is 11.5 Å². The average Bonchev–Trinajstić information content (AvgIpc) is 2.78. The number of aliphatic imine (C=N–C) groups is 1. The van der Waals surface area contributed by atoms with Gasteiger partial charge in [-0.15, -0.1) is 0 Å². The maximum atomic E-state index is 12.3. The standard InChI is InChI=1S/C24H17BrClNO5/c1-31-21-13-16(14-27-19-8-6-17(7-9-19)24(29)30)12-20(26)23(21)32-22(28)10-5-15-3-2-4-18(25)11-15/h2-14H,1H3,(H,29,30)/b10-5+,27-14+. The third-order valence-electron chi connectivity index (χ3n) is 4.19. The number of carboxylic acid groups (broad SMARTS) is 1. The Bertz CT molecular complexity index is 1210. The van der Waals surface area contributed by atoms with Crippen molar-refractivity contribution >= 4 is 57.4 Å². The van der Waals surface area contributed by atoms with Crippen molar-refractivity contribution in [2.75, 3.05) is 7.11 Å². The third-order valence-corrected chi connectivity index (χ3v) is 4.97. The normalized spacial score (nSPS) is 11.1. The van der Waals surface area contributed by atoms with Gasteiger partial charge >= 0.3 is 11.9 Å². The highest BCUT2D eigenvalue weighted by atomic mass is 79.9. The van der Waals surface area contributed by atoms with Gasteiger partial charge in [-0.3, -0.25) is 4.99 Å². The third kappa shape index (κ3) is 6.29. The highest BCUT2D eigenvalue weighted by molar-refractivity contribution is 9.10. The van der Waals surface area contributed by atoms with Crippen molar-refractivity contribution in [3.05, 3.63) is 92.9 Å². The highest BCUT2D eigenvalue weighted by Crippen LogP contribution is 2.36. The Labute approximate surface area is 197 Å². The minimum Gasteiger partial charge on any atom is -0.493 e. The van der Waals surface area contributed by atoms with E-state index in [9.17, 15) is 9.59 Å². The van der Waals surface area contributed by atoms with Crippen molar-refractivity contribution < 1.29 is 24.2 Å². The molecule has 1 N–H and O–H groups in total. The number of hydrogen-bond acceptors (Lipinski definition) is 5. The summed E-state index contributed by atoms with van der Waals surface area (Å²) in [5.74, 6) is -1.25. The summed E-state index contributed by atoms with van der Waals surface area (Å²) >= 11 is 9.69. The van der Waals surface area contributed by atoms with Crippen molar-refractivity contribution in [1.29, 1.82) is 0 Å². The van der Waals surface area contributed by atoms with E-state index in [1.165, 1.54) is 25.3 Å². The summed E-state index contributed by atoms with van der Waals surface area (Å²) in [6.45, 7) is 0. The van der Waals surface area contributed by atoms with Crippen molar-refractivity contribution in [2.45, 2.75) is 0 Å². The van der Waals surface area contributed by atoms with E-state index in [0.29, 0.717) is 11.3 Å². The first-order valence-electron chi connectivity index (χ1n) is 9.26. The highest BCUT2D eigenvalue weighted by Gasteiger charge is 2.14. The predicted octanol–water partition coefficient (Wildman–Crippen LogP) is 6.18. The molecular formula is C24H17BrClNO5. The van der Waals surface area contributed by atoms with Crippen LogP contribution in [0.25, 0.3) is 6.08 Å². The number of nitrogens with zero attached hydrogens (tertiary/aromatic N) is 1. The number of aromatic carboxylic acids is 1. The summed E-state index contributed by atoms with van der Waals surface area (Å²) < 4.78 is 11.6. The van der Waals surface area contributed by atoms with E-state index >= 15 is 0 Å². The van der Waals surface area contributed by atoms with E-state index in [0.717, 1.165) is 10.0 Å². The van der Waals surface area contributed by atoms with Crippen molar-refractivity contribution in [2.24, 2.45) is 4.99 Å². The summed E-state index contributed by atoms with van der Waals surface area (Å²) in [7, 11) is 1.44. The lowest BCUT2D eigenvalue weighted by Crippen LogP contribution is -2.06. The molecule has 0 amide bonds. The Morgan fingerprint density at radius 3 is 2.47 bits per heavy atom. The molecule has 0 aliphatic carbocycles. The van der Waals surface area contributed by atoms with Gasteiger partial charge in [0.25, 0.3) is 0 Å². The quantitative estimate of drug-likeness (QED) is 0.176. The maximum Gasteiger partial charge on any atom is 0.336 e. The SMILES string of the molecule is COc1cc(/C=N/c2ccc(C(=O)O)cc2)cc(Cl)c1OC(=O)/C=C/c1cccc(Br)c1. The molecule has 0 aliphatic heterocycles. The molecule has 162 valence electrons. The molecule has 0 atom stereocenters. The predicted molar refractivity (Wildman–Crippen MR) is 127 cm³/mol. The molecule has 0 bridgehead atoms. The molecule has 0 aromatic heterocycles. The Kier molecular flexibility index (Phi) is 7.81. The topological polar surface area (TPSA) is 85.2 Å². The molecule has 0 saturated carbocycles. The van der Waals surface area contributed by atoms with Gasteiger partial charge in [-0.05, 0) is 65.7 Å². The average molecular weight is 515 g/mol. The second kappa shape index (κ2) is 10.7. The number of rotatable bonds is 7. The molecule has 6 nitrogen and oxygen atoms in total. The Balaban J connectivity index is 1.75. The first kappa shape index (κ1) is 23.2. The Morgan fingerprint density at radius 1 is 1.06 bits per heavy atom. The van der Waals surface area contributed by atoms with E-state index in [-0.39, 0.29) is 22.1 Å². The van der Waals surface area contributed by atoms with E-state index < -0.39 is 11.9 Å². The summed E-state index contributed by atoms with van der Waals surface area (Å²) in [6, 6.07) is 16.8. The Morgan fingerprint density at radius 2 is 1.81 bits per heavy atom. The molecule has 0 radical (unpaired) electrons. The molecule has 0 saturated heterocycles. The van der Waals surface area contributed by atoms with Gasteiger partial charge in [-0.2, -0.15) is 0 Å². The number of carboxylic acids is 1. The number of benzene rings is 3. The van der Waals surface area contributed by atoms with Crippen LogP contribution in [0.15, 0.2) is 76.2 Å². The lowest BCUT2D eigenvalue weighted by molar-refractivity contribution is -0.129. The van der Waals surface area contributed by atoms with Crippen LogP contribution in [0, 0.1) is 0 Å². The van der Waals surface area contributed by atoms with Crippen LogP contribution >= 0.6 is 27.5 Å². The van der Waals surface area contributed by atoms with Crippen LogP contribution in [0.2, 0.25) is 5.02 Å². The number of halogens is 2. The van der Waals surface area contributed by atoms with Gasteiger partial charge in [0.05, 0.1) is 23.4 Å². The lowest BCUT2D eigenvalue weighted by Gasteiger charge is -2.11. The van der Waals surface area contributed by atoms with Crippen molar-refractivity contribution in [3.63, 3.8) is 0 Å². The van der Waals surface area contributed by atoms with Gasteiger partial charge in [0.2, 0.25) is 0 Å². The fourth-order valence-electron chi connectivity index (χ4n) is 2.66. The van der Waals surface area contributed by atoms with Crippen LogP contribution < -0.4 is 9.47 Å². The van der Waals surface area contributed by atoms with E-state index in [4.69, 9.17) is 26.2 Å². The van der Waals surface area contributed by atoms with E-state index in [1.807, 2.05) is 24.3 Å². The smallest absolute Gasteiger partial charge is 0.336 e.